The molecule has 0 bridgehead atoms. The normalized spacial score (nSPS) is 20.4. The van der Waals surface area contributed by atoms with Crippen molar-refractivity contribution in [3.8, 4) is 17.2 Å². The summed E-state index contributed by atoms with van der Waals surface area (Å²) in [6.45, 7) is 11.9. The highest BCUT2D eigenvalue weighted by atomic mass is 31.2. The van der Waals surface area contributed by atoms with E-state index in [2.05, 4.69) is 29.2 Å². The van der Waals surface area contributed by atoms with Crippen LogP contribution in [-0.4, -0.2) is 77.5 Å². The van der Waals surface area contributed by atoms with Gasteiger partial charge in [-0.25, -0.2) is 23.1 Å². The number of rotatable bonds is 8. The summed E-state index contributed by atoms with van der Waals surface area (Å²) in [5, 5.41) is 10.2. The molecule has 10 rings (SSSR count). The zero-order valence-corrected chi connectivity index (χ0v) is 36.7. The average Bonchev–Trinajstić information content (AvgIpc) is 3.75. The molecule has 0 spiro atoms. The minimum atomic E-state index is -2.93. The summed E-state index contributed by atoms with van der Waals surface area (Å²) in [6, 6.07) is 15.1. The number of carbonyl (C=O) groups is 1. The van der Waals surface area contributed by atoms with Crippen LogP contribution >= 0.6 is 7.14 Å². The topological polar surface area (TPSA) is 155 Å². The molecule has 3 unspecified atom stereocenters. The van der Waals surface area contributed by atoms with Crippen molar-refractivity contribution in [2.45, 2.75) is 70.9 Å². The van der Waals surface area contributed by atoms with Gasteiger partial charge in [-0.05, 0) is 130 Å². The van der Waals surface area contributed by atoms with Crippen molar-refractivity contribution in [3.63, 3.8) is 0 Å². The number of H-pyrrole nitrogens is 1. The standard InChI is InChI=1S/C46H47F2N8O6P/c1-25-19-33(20-26(2)40(25)48)56-41(54-16-15-53(45(54)59)32-8-10-38(34(47)23-32)63(5,6)60)39-28(4)52(14-11-35(39)50-56)42(57)37-22-31-21-30(29-12-17-61-18-13-29)7-9-36(31)55(37)46(24-27(46)3)43-49-44(58)62-51-43/h7-10,15-16,19-23,27-29H,11-14,17-18,24H2,1-6H3,(H,49,51,58). The largest absolute Gasteiger partial charge is 0.438 e. The molecule has 1 saturated heterocycles. The molecule has 63 heavy (non-hydrogen) atoms. The monoisotopic (exact) mass is 876 g/mol. The number of nitrogens with one attached hydrogen (secondary N) is 1. The van der Waals surface area contributed by atoms with Gasteiger partial charge < -0.3 is 18.8 Å². The SMILES string of the molecule is Cc1cc(-n2nc3c(c2-n2ccn(-c4ccc(P(C)(C)=O)c(F)c4)c2=O)C(C)N(C(=O)c2cc4cc(C5CCOCC5)ccc4n2C2(c4noc(=O)[nH]4)CC2C)CC3)cc(C)c1F. The predicted molar refractivity (Wildman–Crippen MR) is 233 cm³/mol. The highest BCUT2D eigenvalue weighted by Crippen LogP contribution is 2.56. The van der Waals surface area contributed by atoms with E-state index in [1.165, 1.54) is 46.4 Å². The molecule has 2 fully saturated rings. The van der Waals surface area contributed by atoms with E-state index in [0.717, 1.165) is 23.7 Å². The number of benzene rings is 3. The number of imidazole rings is 1. The highest BCUT2D eigenvalue weighted by Gasteiger charge is 2.59. The Bertz CT molecular complexity index is 3160. The van der Waals surface area contributed by atoms with E-state index in [9.17, 15) is 14.2 Å². The lowest BCUT2D eigenvalue weighted by Crippen LogP contribution is -2.41. The smallest absolute Gasteiger partial charge is 0.381 e. The molecule has 7 aromatic rings. The summed E-state index contributed by atoms with van der Waals surface area (Å²) in [5.41, 5.74) is 3.82. The second-order valence-electron chi connectivity index (χ2n) is 17.8. The van der Waals surface area contributed by atoms with E-state index < -0.39 is 36.0 Å². The summed E-state index contributed by atoms with van der Waals surface area (Å²) >= 11 is 0. The van der Waals surface area contributed by atoms with Crippen LogP contribution in [0.25, 0.3) is 28.1 Å². The first kappa shape index (κ1) is 40.9. The summed E-state index contributed by atoms with van der Waals surface area (Å²) in [4.78, 5) is 46.9. The molecule has 2 aliphatic heterocycles. The molecule has 1 aliphatic carbocycles. The molecular formula is C46H47F2N8O6P. The van der Waals surface area contributed by atoms with Gasteiger partial charge in [0.15, 0.2) is 5.82 Å². The number of nitrogens with zero attached hydrogens (tertiary/aromatic N) is 7. The number of aromatic amines is 1. The van der Waals surface area contributed by atoms with E-state index in [0.29, 0.717) is 83.9 Å². The third kappa shape index (κ3) is 6.51. The van der Waals surface area contributed by atoms with Gasteiger partial charge in [0.25, 0.3) is 5.91 Å². The minimum absolute atomic E-state index is 0.00227. The van der Waals surface area contributed by atoms with Crippen LogP contribution in [0, 0.1) is 31.4 Å². The molecule has 3 atom stereocenters. The van der Waals surface area contributed by atoms with Crippen LogP contribution in [0.15, 0.2) is 81.1 Å². The highest BCUT2D eigenvalue weighted by molar-refractivity contribution is 7.70. The molecule has 14 nitrogen and oxygen atoms in total. The Morgan fingerprint density at radius 3 is 2.30 bits per heavy atom. The van der Waals surface area contributed by atoms with Crippen LogP contribution in [0.1, 0.15) is 89.3 Å². The molecule has 1 amide bonds. The molecular weight excluding hydrogens is 830 g/mol. The molecule has 4 aromatic heterocycles. The summed E-state index contributed by atoms with van der Waals surface area (Å²) < 4.78 is 60.2. The second-order valence-corrected chi connectivity index (χ2v) is 20.9. The van der Waals surface area contributed by atoms with Crippen LogP contribution in [0.4, 0.5) is 8.78 Å². The van der Waals surface area contributed by atoms with Crippen LogP contribution in [-0.2, 0) is 21.3 Å². The fourth-order valence-electron chi connectivity index (χ4n) is 10.0. The maximum atomic E-state index is 15.4. The van der Waals surface area contributed by atoms with Crippen molar-refractivity contribution < 1.29 is 27.4 Å². The number of hydrogen-bond acceptors (Lipinski definition) is 8. The number of hydrogen-bond donors (Lipinski definition) is 1. The van der Waals surface area contributed by atoms with Crippen LogP contribution < -0.4 is 16.8 Å². The minimum Gasteiger partial charge on any atom is -0.381 e. The van der Waals surface area contributed by atoms with Crippen molar-refractivity contribution in [2.75, 3.05) is 33.1 Å². The average molecular weight is 877 g/mol. The number of amides is 1. The molecule has 17 heteroatoms. The Labute approximate surface area is 360 Å². The summed E-state index contributed by atoms with van der Waals surface area (Å²) in [6.07, 6.45) is 5.83. The van der Waals surface area contributed by atoms with E-state index in [1.807, 2.05) is 23.6 Å². The fraction of sp³-hybridized carbons (Fsp3) is 0.370. The molecule has 326 valence electrons. The number of halogens is 2. The van der Waals surface area contributed by atoms with Gasteiger partial charge in [-0.15, -0.1) is 0 Å². The first-order valence-corrected chi connectivity index (χ1v) is 23.8. The van der Waals surface area contributed by atoms with Crippen molar-refractivity contribution in [1.29, 1.82) is 0 Å². The van der Waals surface area contributed by atoms with Crippen LogP contribution in [0.2, 0.25) is 0 Å². The second kappa shape index (κ2) is 14.7. The number of aryl methyl sites for hydroxylation is 2. The zero-order valence-electron chi connectivity index (χ0n) is 35.8. The van der Waals surface area contributed by atoms with Crippen molar-refractivity contribution in [2.24, 2.45) is 5.92 Å². The van der Waals surface area contributed by atoms with E-state index in [-0.39, 0.29) is 28.6 Å². The number of carbonyl (C=O) groups excluding carboxylic acids is 1. The lowest BCUT2D eigenvalue weighted by molar-refractivity contribution is 0.0663. The van der Waals surface area contributed by atoms with Gasteiger partial charge in [0.1, 0.15) is 35.8 Å². The Balaban J connectivity index is 1.12. The van der Waals surface area contributed by atoms with Crippen molar-refractivity contribution in [3.05, 3.63) is 139 Å². The molecule has 1 saturated carbocycles. The Morgan fingerprint density at radius 2 is 1.65 bits per heavy atom. The predicted octanol–water partition coefficient (Wildman–Crippen LogP) is 7.02. The van der Waals surface area contributed by atoms with Gasteiger partial charge in [0.05, 0.1) is 23.1 Å². The van der Waals surface area contributed by atoms with Gasteiger partial charge in [-0.1, -0.05) is 18.1 Å². The van der Waals surface area contributed by atoms with Crippen molar-refractivity contribution >= 4 is 29.3 Å². The molecule has 6 heterocycles. The molecule has 3 aliphatic rings. The number of aromatic nitrogens is 7. The number of ether oxygens (including phenoxy) is 1. The first-order chi connectivity index (χ1) is 30.1. The van der Waals surface area contributed by atoms with Gasteiger partial charge in [0, 0.05) is 60.3 Å². The Kier molecular flexibility index (Phi) is 9.57. The Morgan fingerprint density at radius 1 is 0.937 bits per heavy atom. The van der Waals surface area contributed by atoms with Crippen molar-refractivity contribution in [1.82, 2.24) is 38.5 Å². The summed E-state index contributed by atoms with van der Waals surface area (Å²) in [5.74, 6) is -0.966. The van der Waals surface area contributed by atoms with Gasteiger partial charge in [-0.2, -0.15) is 5.10 Å². The lowest BCUT2D eigenvalue weighted by Gasteiger charge is -2.34. The van der Waals surface area contributed by atoms with E-state index in [1.54, 1.807) is 47.8 Å². The molecule has 3 aromatic carbocycles. The summed E-state index contributed by atoms with van der Waals surface area (Å²) in [7, 11) is -2.93. The third-order valence-corrected chi connectivity index (χ3v) is 15.0. The van der Waals surface area contributed by atoms with Gasteiger partial charge in [0.2, 0.25) is 0 Å². The van der Waals surface area contributed by atoms with Gasteiger partial charge >= 0.3 is 11.4 Å². The lowest BCUT2D eigenvalue weighted by atomic mass is 9.91. The maximum Gasteiger partial charge on any atom is 0.438 e. The Hall–Kier alpha value is -6.12. The third-order valence-electron chi connectivity index (χ3n) is 13.4. The van der Waals surface area contributed by atoms with Crippen LogP contribution in [0.5, 0.6) is 0 Å². The maximum absolute atomic E-state index is 15.4. The molecule has 0 radical (unpaired) electrons. The first-order valence-electron chi connectivity index (χ1n) is 21.2. The van der Waals surface area contributed by atoms with E-state index >= 15 is 13.6 Å². The van der Waals surface area contributed by atoms with Gasteiger partial charge in [-0.3, -0.25) is 23.4 Å². The zero-order chi connectivity index (χ0) is 44.3. The quantitative estimate of drug-likeness (QED) is 0.160. The fourth-order valence-corrected chi connectivity index (χ4v) is 11.0. The van der Waals surface area contributed by atoms with Crippen LogP contribution in [0.3, 0.4) is 0 Å². The number of fused-ring (bicyclic) bond motifs is 2. The molecule has 1 N–H and O–H groups in total. The van der Waals surface area contributed by atoms with E-state index in [4.69, 9.17) is 14.4 Å².